The van der Waals surface area contributed by atoms with Gasteiger partial charge in [0.1, 0.15) is 0 Å². The molecule has 1 aromatic heterocycles. The molecule has 1 aliphatic rings. The van der Waals surface area contributed by atoms with E-state index in [0.29, 0.717) is 23.2 Å². The number of halogens is 1. The summed E-state index contributed by atoms with van der Waals surface area (Å²) in [6.07, 6.45) is 2.21. The third-order valence-electron chi connectivity index (χ3n) is 4.68. The van der Waals surface area contributed by atoms with E-state index < -0.39 is 0 Å². The number of rotatable bonds is 4. The van der Waals surface area contributed by atoms with E-state index in [0.717, 1.165) is 31.4 Å². The summed E-state index contributed by atoms with van der Waals surface area (Å²) in [5.41, 5.74) is 1.74. The molecule has 4 nitrogen and oxygen atoms in total. The lowest BCUT2D eigenvalue weighted by Gasteiger charge is -2.31. The molecule has 0 bridgehead atoms. The number of para-hydroxylation sites is 2. The van der Waals surface area contributed by atoms with Gasteiger partial charge in [-0.25, -0.2) is 4.98 Å². The van der Waals surface area contributed by atoms with Crippen LogP contribution in [0.5, 0.6) is 0 Å². The molecular formula is C20H20ClN3OS. The van der Waals surface area contributed by atoms with Crippen LogP contribution >= 0.6 is 22.9 Å². The van der Waals surface area contributed by atoms with Crippen molar-refractivity contribution in [3.8, 4) is 0 Å². The van der Waals surface area contributed by atoms with Crippen molar-refractivity contribution in [3.05, 3.63) is 58.6 Å². The SMILES string of the molecule is O=C(CN1CCC[C@H](c2nc3ccccc3s2)C1)Nc1ccccc1Cl. The summed E-state index contributed by atoms with van der Waals surface area (Å²) >= 11 is 7.89. The molecule has 2 aromatic carbocycles. The van der Waals surface area contributed by atoms with Crippen molar-refractivity contribution >= 4 is 44.7 Å². The van der Waals surface area contributed by atoms with Crippen molar-refractivity contribution in [3.63, 3.8) is 0 Å². The van der Waals surface area contributed by atoms with Crippen molar-refractivity contribution in [2.24, 2.45) is 0 Å². The second kappa shape index (κ2) is 7.74. The van der Waals surface area contributed by atoms with Crippen molar-refractivity contribution < 1.29 is 4.79 Å². The predicted molar refractivity (Wildman–Crippen MR) is 108 cm³/mol. The van der Waals surface area contributed by atoms with Gasteiger partial charge in [-0.2, -0.15) is 0 Å². The zero-order chi connectivity index (χ0) is 17.9. The van der Waals surface area contributed by atoms with Crippen LogP contribution in [0.25, 0.3) is 10.2 Å². The van der Waals surface area contributed by atoms with Crippen molar-refractivity contribution in [2.45, 2.75) is 18.8 Å². The van der Waals surface area contributed by atoms with Crippen molar-refractivity contribution in [1.82, 2.24) is 9.88 Å². The summed E-state index contributed by atoms with van der Waals surface area (Å²) in [5.74, 6) is 0.373. The van der Waals surface area contributed by atoms with E-state index in [2.05, 4.69) is 28.4 Å². The fourth-order valence-electron chi connectivity index (χ4n) is 3.42. The van der Waals surface area contributed by atoms with E-state index in [9.17, 15) is 4.79 Å². The summed E-state index contributed by atoms with van der Waals surface area (Å²) in [5, 5.41) is 4.65. The maximum atomic E-state index is 12.4. The first-order chi connectivity index (χ1) is 12.7. The van der Waals surface area contributed by atoms with Crippen molar-refractivity contribution in [2.75, 3.05) is 25.0 Å². The maximum Gasteiger partial charge on any atom is 0.238 e. The number of carbonyl (C=O) groups is 1. The number of hydrogen-bond donors (Lipinski definition) is 1. The van der Waals surface area contributed by atoms with Crippen LogP contribution < -0.4 is 5.32 Å². The molecule has 0 saturated carbocycles. The highest BCUT2D eigenvalue weighted by Gasteiger charge is 2.25. The number of nitrogens with zero attached hydrogens (tertiary/aromatic N) is 2. The number of thiazole rings is 1. The summed E-state index contributed by atoms with van der Waals surface area (Å²) in [4.78, 5) is 19.4. The highest BCUT2D eigenvalue weighted by Crippen LogP contribution is 2.32. The van der Waals surface area contributed by atoms with Crippen LogP contribution in [-0.2, 0) is 4.79 Å². The van der Waals surface area contributed by atoms with E-state index in [1.165, 1.54) is 9.71 Å². The van der Waals surface area contributed by atoms with Gasteiger partial charge in [0, 0.05) is 12.5 Å². The number of carbonyl (C=O) groups excluding carboxylic acids is 1. The molecule has 3 aromatic rings. The number of nitrogens with one attached hydrogen (secondary N) is 1. The zero-order valence-corrected chi connectivity index (χ0v) is 15.9. The monoisotopic (exact) mass is 385 g/mol. The molecule has 1 N–H and O–H groups in total. The lowest BCUT2D eigenvalue weighted by Crippen LogP contribution is -2.39. The van der Waals surface area contributed by atoms with Gasteiger partial charge < -0.3 is 5.32 Å². The number of likely N-dealkylation sites (tertiary alicyclic amines) is 1. The minimum Gasteiger partial charge on any atom is -0.324 e. The topological polar surface area (TPSA) is 45.2 Å². The molecule has 0 unspecified atom stereocenters. The van der Waals surface area contributed by atoms with Gasteiger partial charge in [0.15, 0.2) is 0 Å². The van der Waals surface area contributed by atoms with Gasteiger partial charge in [-0.15, -0.1) is 11.3 Å². The number of benzene rings is 2. The Kier molecular flexibility index (Phi) is 5.20. The quantitative estimate of drug-likeness (QED) is 0.703. The molecule has 1 saturated heterocycles. The second-order valence-corrected chi connectivity index (χ2v) is 8.09. The summed E-state index contributed by atoms with van der Waals surface area (Å²) in [6, 6.07) is 15.6. The summed E-state index contributed by atoms with van der Waals surface area (Å²) in [7, 11) is 0. The van der Waals surface area contributed by atoms with Gasteiger partial charge in [0.2, 0.25) is 5.91 Å². The van der Waals surface area contributed by atoms with Gasteiger partial charge in [-0.05, 0) is 43.7 Å². The molecule has 134 valence electrons. The number of aromatic nitrogens is 1. The Balaban J connectivity index is 1.40. The largest absolute Gasteiger partial charge is 0.324 e. The Bertz CT molecular complexity index is 893. The molecule has 1 aliphatic heterocycles. The number of amides is 1. The minimum atomic E-state index is -0.0250. The van der Waals surface area contributed by atoms with Gasteiger partial charge in [0.25, 0.3) is 0 Å². The third-order valence-corrected chi connectivity index (χ3v) is 6.21. The first kappa shape index (κ1) is 17.5. The third kappa shape index (κ3) is 3.90. The molecule has 6 heteroatoms. The fourth-order valence-corrected chi connectivity index (χ4v) is 4.70. The van der Waals surface area contributed by atoms with Crippen LogP contribution in [0.3, 0.4) is 0 Å². The molecule has 1 amide bonds. The van der Waals surface area contributed by atoms with E-state index in [4.69, 9.17) is 16.6 Å². The Morgan fingerprint density at radius 1 is 1.23 bits per heavy atom. The lowest BCUT2D eigenvalue weighted by atomic mass is 9.99. The average molecular weight is 386 g/mol. The normalized spacial score (nSPS) is 18.1. The molecule has 0 radical (unpaired) electrons. The van der Waals surface area contributed by atoms with Crippen LogP contribution in [0.2, 0.25) is 5.02 Å². The van der Waals surface area contributed by atoms with Gasteiger partial charge in [-0.3, -0.25) is 9.69 Å². The Hall–Kier alpha value is -1.95. The predicted octanol–water partition coefficient (Wildman–Crippen LogP) is 4.77. The van der Waals surface area contributed by atoms with Crippen LogP contribution in [0.1, 0.15) is 23.8 Å². The Labute approximate surface area is 161 Å². The number of piperidine rings is 1. The molecule has 26 heavy (non-hydrogen) atoms. The fraction of sp³-hybridized carbons (Fsp3) is 0.300. The van der Waals surface area contributed by atoms with Crippen LogP contribution in [0.15, 0.2) is 48.5 Å². The molecule has 4 rings (SSSR count). The maximum absolute atomic E-state index is 12.4. The minimum absolute atomic E-state index is 0.0250. The summed E-state index contributed by atoms with van der Waals surface area (Å²) < 4.78 is 1.23. The molecule has 1 atom stereocenters. The van der Waals surface area contributed by atoms with Crippen LogP contribution in [-0.4, -0.2) is 35.4 Å². The molecule has 0 aliphatic carbocycles. The second-order valence-electron chi connectivity index (χ2n) is 6.62. The molecule has 1 fully saturated rings. The number of anilines is 1. The first-order valence-electron chi connectivity index (χ1n) is 8.81. The molecule has 0 spiro atoms. The van der Waals surface area contributed by atoms with Gasteiger partial charge in [-0.1, -0.05) is 35.9 Å². The highest BCUT2D eigenvalue weighted by molar-refractivity contribution is 7.18. The van der Waals surface area contributed by atoms with Crippen LogP contribution in [0, 0.1) is 0 Å². The van der Waals surface area contributed by atoms with E-state index >= 15 is 0 Å². The van der Waals surface area contributed by atoms with Gasteiger partial charge >= 0.3 is 0 Å². The Morgan fingerprint density at radius 3 is 2.88 bits per heavy atom. The number of fused-ring (bicyclic) bond motifs is 1. The number of hydrogen-bond acceptors (Lipinski definition) is 4. The zero-order valence-electron chi connectivity index (χ0n) is 14.3. The van der Waals surface area contributed by atoms with E-state index in [-0.39, 0.29) is 5.91 Å². The average Bonchev–Trinajstić information content (AvgIpc) is 3.08. The first-order valence-corrected chi connectivity index (χ1v) is 10.0. The lowest BCUT2D eigenvalue weighted by molar-refractivity contribution is -0.117. The Morgan fingerprint density at radius 2 is 2.04 bits per heavy atom. The molecular weight excluding hydrogens is 366 g/mol. The van der Waals surface area contributed by atoms with Gasteiger partial charge in [0.05, 0.1) is 32.5 Å². The standard InChI is InChI=1S/C20H20ClN3OS/c21-15-7-1-2-8-16(15)22-19(25)13-24-11-5-6-14(12-24)20-23-17-9-3-4-10-18(17)26-20/h1-4,7-10,14H,5-6,11-13H2,(H,22,25)/t14-/m0/s1. The van der Waals surface area contributed by atoms with Crippen LogP contribution in [0.4, 0.5) is 5.69 Å². The van der Waals surface area contributed by atoms with E-state index in [1.807, 2.05) is 24.3 Å². The van der Waals surface area contributed by atoms with Crippen molar-refractivity contribution in [1.29, 1.82) is 0 Å². The van der Waals surface area contributed by atoms with E-state index in [1.54, 1.807) is 17.4 Å². The smallest absolute Gasteiger partial charge is 0.238 e. The molecule has 2 heterocycles. The highest BCUT2D eigenvalue weighted by atomic mass is 35.5. The summed E-state index contributed by atoms with van der Waals surface area (Å²) in [6.45, 7) is 2.19.